The number of ether oxygens (including phenoxy) is 1. The van der Waals surface area contributed by atoms with Crippen molar-refractivity contribution in [3.8, 4) is 5.75 Å². The Morgan fingerprint density at radius 1 is 1.21 bits per heavy atom. The Hall–Kier alpha value is -2.76. The van der Waals surface area contributed by atoms with E-state index in [4.69, 9.17) is 4.74 Å². The van der Waals surface area contributed by atoms with Gasteiger partial charge in [0.2, 0.25) is 0 Å². The van der Waals surface area contributed by atoms with Crippen LogP contribution >= 0.6 is 0 Å². The molecule has 1 aliphatic heterocycles. The van der Waals surface area contributed by atoms with Gasteiger partial charge in [0.15, 0.2) is 0 Å². The van der Waals surface area contributed by atoms with E-state index in [0.29, 0.717) is 12.2 Å². The number of carbonyl (C=O) groups excluding carboxylic acids is 1. The van der Waals surface area contributed by atoms with E-state index in [-0.39, 0.29) is 6.03 Å². The van der Waals surface area contributed by atoms with Gasteiger partial charge in [-0.2, -0.15) is 0 Å². The number of para-hydroxylation sites is 1. The van der Waals surface area contributed by atoms with E-state index in [2.05, 4.69) is 20.5 Å². The molecule has 1 aliphatic rings. The van der Waals surface area contributed by atoms with E-state index in [1.807, 2.05) is 36.4 Å². The third kappa shape index (κ3) is 3.95. The van der Waals surface area contributed by atoms with Crippen molar-refractivity contribution in [2.75, 3.05) is 30.4 Å². The summed E-state index contributed by atoms with van der Waals surface area (Å²) < 4.78 is 5.27. The molecule has 0 aliphatic carbocycles. The van der Waals surface area contributed by atoms with Gasteiger partial charge in [-0.15, -0.1) is 0 Å². The number of hydrogen-bond acceptors (Lipinski definition) is 4. The number of amides is 2. The SMILES string of the molecule is COc1ccccc1CNC(=O)Nc1ccc(N2CCCC2)nc1. The van der Waals surface area contributed by atoms with Crippen molar-refractivity contribution in [3.05, 3.63) is 48.2 Å². The molecule has 6 heteroatoms. The van der Waals surface area contributed by atoms with Crippen LogP contribution in [0, 0.1) is 0 Å². The van der Waals surface area contributed by atoms with Crippen LogP contribution in [0.2, 0.25) is 0 Å². The standard InChI is InChI=1S/C18H22N4O2/c1-24-16-7-3-2-6-14(16)12-20-18(23)21-15-8-9-17(19-13-15)22-10-4-5-11-22/h2-3,6-9,13H,4-5,10-12H2,1H3,(H2,20,21,23). The van der Waals surface area contributed by atoms with Gasteiger partial charge in [0, 0.05) is 25.2 Å². The Bertz CT molecular complexity index is 682. The minimum Gasteiger partial charge on any atom is -0.496 e. The van der Waals surface area contributed by atoms with Crippen LogP contribution in [-0.4, -0.2) is 31.2 Å². The Morgan fingerprint density at radius 2 is 2.00 bits per heavy atom. The van der Waals surface area contributed by atoms with Gasteiger partial charge >= 0.3 is 6.03 Å². The first-order valence-electron chi connectivity index (χ1n) is 8.14. The first-order valence-corrected chi connectivity index (χ1v) is 8.14. The van der Waals surface area contributed by atoms with Crippen molar-refractivity contribution in [3.63, 3.8) is 0 Å². The van der Waals surface area contributed by atoms with E-state index in [9.17, 15) is 4.79 Å². The number of aromatic nitrogens is 1. The molecule has 2 aromatic rings. The minimum atomic E-state index is -0.267. The number of methoxy groups -OCH3 is 1. The van der Waals surface area contributed by atoms with Gasteiger partial charge in [-0.1, -0.05) is 18.2 Å². The van der Waals surface area contributed by atoms with E-state index in [1.54, 1.807) is 13.3 Å². The quantitative estimate of drug-likeness (QED) is 0.886. The molecule has 1 aromatic carbocycles. The van der Waals surface area contributed by atoms with E-state index in [0.717, 1.165) is 30.2 Å². The van der Waals surface area contributed by atoms with Crippen LogP contribution in [0.1, 0.15) is 18.4 Å². The Balaban J connectivity index is 1.53. The predicted octanol–water partition coefficient (Wildman–Crippen LogP) is 3.01. The number of urea groups is 1. The highest BCUT2D eigenvalue weighted by Crippen LogP contribution is 2.19. The number of rotatable bonds is 5. The third-order valence-corrected chi connectivity index (χ3v) is 4.07. The molecule has 0 bridgehead atoms. The van der Waals surface area contributed by atoms with E-state index in [1.165, 1.54) is 12.8 Å². The molecule has 0 atom stereocenters. The van der Waals surface area contributed by atoms with Crippen LogP contribution in [0.25, 0.3) is 0 Å². The maximum atomic E-state index is 12.0. The lowest BCUT2D eigenvalue weighted by Crippen LogP contribution is -2.28. The van der Waals surface area contributed by atoms with Gasteiger partial charge in [-0.25, -0.2) is 9.78 Å². The van der Waals surface area contributed by atoms with Gasteiger partial charge in [-0.05, 0) is 31.0 Å². The van der Waals surface area contributed by atoms with Crippen LogP contribution in [0.5, 0.6) is 5.75 Å². The van der Waals surface area contributed by atoms with Crippen LogP contribution in [0.4, 0.5) is 16.3 Å². The molecule has 0 saturated carbocycles. The molecule has 24 heavy (non-hydrogen) atoms. The summed E-state index contributed by atoms with van der Waals surface area (Å²) >= 11 is 0. The highest BCUT2D eigenvalue weighted by molar-refractivity contribution is 5.89. The van der Waals surface area contributed by atoms with Crippen molar-refractivity contribution in [1.29, 1.82) is 0 Å². The molecule has 1 aromatic heterocycles. The van der Waals surface area contributed by atoms with Crippen molar-refractivity contribution in [2.24, 2.45) is 0 Å². The van der Waals surface area contributed by atoms with Crippen LogP contribution < -0.4 is 20.3 Å². The second-order valence-electron chi connectivity index (χ2n) is 5.72. The van der Waals surface area contributed by atoms with Crippen molar-refractivity contribution >= 4 is 17.5 Å². The fraction of sp³-hybridized carbons (Fsp3) is 0.333. The van der Waals surface area contributed by atoms with Crippen molar-refractivity contribution in [2.45, 2.75) is 19.4 Å². The zero-order valence-corrected chi connectivity index (χ0v) is 13.8. The molecule has 1 saturated heterocycles. The summed E-state index contributed by atoms with van der Waals surface area (Å²) in [6.45, 7) is 2.51. The topological polar surface area (TPSA) is 66.5 Å². The van der Waals surface area contributed by atoms with E-state index < -0.39 is 0 Å². The third-order valence-electron chi connectivity index (χ3n) is 4.07. The molecule has 3 rings (SSSR count). The molecule has 126 valence electrons. The van der Waals surface area contributed by atoms with E-state index >= 15 is 0 Å². The summed E-state index contributed by atoms with van der Waals surface area (Å²) in [5.74, 6) is 1.72. The van der Waals surface area contributed by atoms with Gasteiger partial charge in [0.1, 0.15) is 11.6 Å². The first kappa shape index (κ1) is 16.1. The lowest BCUT2D eigenvalue weighted by Gasteiger charge is -2.16. The molecule has 6 nitrogen and oxygen atoms in total. The smallest absolute Gasteiger partial charge is 0.319 e. The molecule has 2 heterocycles. The number of nitrogens with zero attached hydrogens (tertiary/aromatic N) is 2. The molecule has 0 spiro atoms. The second-order valence-corrected chi connectivity index (χ2v) is 5.72. The Morgan fingerprint density at radius 3 is 2.71 bits per heavy atom. The lowest BCUT2D eigenvalue weighted by atomic mass is 10.2. The molecular formula is C18H22N4O2. The van der Waals surface area contributed by atoms with Crippen LogP contribution in [-0.2, 0) is 6.54 Å². The highest BCUT2D eigenvalue weighted by Gasteiger charge is 2.13. The lowest BCUT2D eigenvalue weighted by molar-refractivity contribution is 0.251. The Kier molecular flexibility index (Phi) is 5.15. The number of anilines is 2. The zero-order valence-electron chi connectivity index (χ0n) is 13.8. The van der Waals surface area contributed by atoms with Gasteiger partial charge in [-0.3, -0.25) is 0 Å². The predicted molar refractivity (Wildman–Crippen MR) is 94.5 cm³/mol. The molecular weight excluding hydrogens is 304 g/mol. The summed E-state index contributed by atoms with van der Waals surface area (Å²) in [6, 6.07) is 11.2. The number of carbonyl (C=O) groups is 1. The summed E-state index contributed by atoms with van der Waals surface area (Å²) in [5.41, 5.74) is 1.60. The molecule has 1 fully saturated rings. The summed E-state index contributed by atoms with van der Waals surface area (Å²) in [5, 5.41) is 5.62. The molecule has 2 amide bonds. The summed E-state index contributed by atoms with van der Waals surface area (Å²) in [7, 11) is 1.62. The van der Waals surface area contributed by atoms with Gasteiger partial charge in [0.05, 0.1) is 19.0 Å². The summed E-state index contributed by atoms with van der Waals surface area (Å²) in [6.07, 6.45) is 4.12. The monoisotopic (exact) mass is 326 g/mol. The molecule has 2 N–H and O–H groups in total. The molecule has 0 radical (unpaired) electrons. The number of benzene rings is 1. The fourth-order valence-corrected chi connectivity index (χ4v) is 2.79. The normalized spacial score (nSPS) is 13.6. The zero-order chi connectivity index (χ0) is 16.8. The maximum Gasteiger partial charge on any atom is 0.319 e. The average Bonchev–Trinajstić information content (AvgIpc) is 3.15. The Labute approximate surface area is 141 Å². The largest absolute Gasteiger partial charge is 0.496 e. The fourth-order valence-electron chi connectivity index (χ4n) is 2.79. The van der Waals surface area contributed by atoms with Crippen LogP contribution in [0.3, 0.4) is 0 Å². The average molecular weight is 326 g/mol. The maximum absolute atomic E-state index is 12.0. The summed E-state index contributed by atoms with van der Waals surface area (Å²) in [4.78, 5) is 18.7. The van der Waals surface area contributed by atoms with Gasteiger partial charge in [0.25, 0.3) is 0 Å². The van der Waals surface area contributed by atoms with Crippen molar-refractivity contribution < 1.29 is 9.53 Å². The minimum absolute atomic E-state index is 0.267. The van der Waals surface area contributed by atoms with Crippen molar-refractivity contribution in [1.82, 2.24) is 10.3 Å². The number of pyridine rings is 1. The first-order chi connectivity index (χ1) is 11.8. The number of nitrogens with one attached hydrogen (secondary N) is 2. The van der Waals surface area contributed by atoms with Gasteiger partial charge < -0.3 is 20.3 Å². The molecule has 0 unspecified atom stereocenters. The van der Waals surface area contributed by atoms with Crippen LogP contribution in [0.15, 0.2) is 42.6 Å². The second kappa shape index (κ2) is 7.68. The number of hydrogen-bond donors (Lipinski definition) is 2. The highest BCUT2D eigenvalue weighted by atomic mass is 16.5.